The molecule has 6 nitrogen and oxygen atoms in total. The summed E-state index contributed by atoms with van der Waals surface area (Å²) >= 11 is 3.48. The van der Waals surface area contributed by atoms with E-state index in [9.17, 15) is 0 Å². The molecule has 7 heteroatoms. The fourth-order valence-electron chi connectivity index (χ4n) is 2.50. The maximum atomic E-state index is 5.94. The largest absolute Gasteiger partial charge is 0.493 e. The van der Waals surface area contributed by atoms with E-state index in [1.54, 1.807) is 33.5 Å². The Bertz CT molecular complexity index is 877. The van der Waals surface area contributed by atoms with Gasteiger partial charge >= 0.3 is 0 Å². The number of oxazole rings is 1. The Morgan fingerprint density at radius 3 is 2.48 bits per heavy atom. The highest BCUT2D eigenvalue weighted by atomic mass is 79.9. The fourth-order valence-corrected chi connectivity index (χ4v) is 2.95. The third-order valence-electron chi connectivity index (χ3n) is 3.69. The molecule has 0 saturated carbocycles. The number of benzene rings is 2. The summed E-state index contributed by atoms with van der Waals surface area (Å²) in [7, 11) is 4.70. The Hall–Kier alpha value is -2.25. The molecule has 3 aromatic rings. The Balaban J connectivity index is 2.17. The van der Waals surface area contributed by atoms with Gasteiger partial charge in [-0.15, -0.1) is 0 Å². The van der Waals surface area contributed by atoms with Gasteiger partial charge in [-0.2, -0.15) is 0 Å². The number of ether oxygens (including phenoxy) is 4. The van der Waals surface area contributed by atoms with Crippen molar-refractivity contribution in [3.05, 3.63) is 35.9 Å². The summed E-state index contributed by atoms with van der Waals surface area (Å²) in [6.45, 7) is 0.0926. The summed E-state index contributed by atoms with van der Waals surface area (Å²) in [4.78, 5) is 4.64. The molecule has 1 aromatic heterocycles. The monoisotopic (exact) mass is 407 g/mol. The number of hydrogen-bond donors (Lipinski definition) is 0. The average Bonchev–Trinajstić information content (AvgIpc) is 3.09. The molecule has 0 fully saturated rings. The molecule has 0 atom stereocenters. The maximum Gasteiger partial charge on any atom is 0.231 e. The molecule has 0 radical (unpaired) electrons. The standard InChI is InChI=1S/C18H18BrNO5/c1-21-10-24-14-8-16(23-3)15(22-2)7-12(14)18-20-17-11(9-19)5-4-6-13(17)25-18/h4-8H,9-10H2,1-3H3. The van der Waals surface area contributed by atoms with E-state index in [1.807, 2.05) is 18.2 Å². The first-order valence-corrected chi connectivity index (χ1v) is 8.66. The van der Waals surface area contributed by atoms with Crippen molar-refractivity contribution in [1.82, 2.24) is 4.98 Å². The predicted octanol–water partition coefficient (Wildman–Crippen LogP) is 4.39. The Morgan fingerprint density at radius 2 is 1.80 bits per heavy atom. The second kappa shape index (κ2) is 7.76. The van der Waals surface area contributed by atoms with Gasteiger partial charge in [0.2, 0.25) is 5.89 Å². The summed E-state index contributed by atoms with van der Waals surface area (Å²) < 4.78 is 27.3. The van der Waals surface area contributed by atoms with Crippen LogP contribution >= 0.6 is 15.9 Å². The Labute approximate surface area is 153 Å². The molecular weight excluding hydrogens is 390 g/mol. The average molecular weight is 408 g/mol. The molecule has 0 unspecified atom stereocenters. The smallest absolute Gasteiger partial charge is 0.231 e. The molecule has 25 heavy (non-hydrogen) atoms. The molecule has 132 valence electrons. The minimum Gasteiger partial charge on any atom is -0.493 e. The van der Waals surface area contributed by atoms with Crippen LogP contribution in [0, 0.1) is 0 Å². The third-order valence-corrected chi connectivity index (χ3v) is 4.30. The molecular formula is C18H18BrNO5. The summed E-state index contributed by atoms with van der Waals surface area (Å²) in [5.74, 6) is 2.08. The normalized spacial score (nSPS) is 10.9. The SMILES string of the molecule is COCOc1cc(OC)c(OC)cc1-c1nc2c(CBr)cccc2o1. The number of aromatic nitrogens is 1. The van der Waals surface area contributed by atoms with Crippen LogP contribution in [0.15, 0.2) is 34.7 Å². The Kier molecular flexibility index (Phi) is 5.45. The summed E-state index contributed by atoms with van der Waals surface area (Å²) in [6, 6.07) is 9.33. The van der Waals surface area contributed by atoms with Crippen molar-refractivity contribution in [2.24, 2.45) is 0 Å². The van der Waals surface area contributed by atoms with Crippen LogP contribution < -0.4 is 14.2 Å². The summed E-state index contributed by atoms with van der Waals surface area (Å²) in [6.07, 6.45) is 0. The number of fused-ring (bicyclic) bond motifs is 1. The van der Waals surface area contributed by atoms with Crippen LogP contribution in [-0.4, -0.2) is 33.1 Å². The minimum absolute atomic E-state index is 0.0926. The summed E-state index contributed by atoms with van der Waals surface area (Å²) in [5, 5.41) is 0.690. The second-order valence-electron chi connectivity index (χ2n) is 5.17. The van der Waals surface area contributed by atoms with Gasteiger partial charge in [-0.3, -0.25) is 0 Å². The number of alkyl halides is 1. The molecule has 3 rings (SSSR count). The second-order valence-corrected chi connectivity index (χ2v) is 5.73. The molecule has 0 aliphatic rings. The molecule has 0 aliphatic carbocycles. The molecule has 0 bridgehead atoms. The zero-order chi connectivity index (χ0) is 17.8. The van der Waals surface area contributed by atoms with Crippen LogP contribution in [-0.2, 0) is 10.1 Å². The van der Waals surface area contributed by atoms with Crippen molar-refractivity contribution in [3.8, 4) is 28.7 Å². The highest BCUT2D eigenvalue weighted by Crippen LogP contribution is 2.41. The number of methoxy groups -OCH3 is 3. The van der Waals surface area contributed by atoms with Gasteiger partial charge in [-0.05, 0) is 11.6 Å². The van der Waals surface area contributed by atoms with E-state index in [-0.39, 0.29) is 6.79 Å². The van der Waals surface area contributed by atoms with E-state index < -0.39 is 0 Å². The Morgan fingerprint density at radius 1 is 1.04 bits per heavy atom. The fraction of sp³-hybridized carbons (Fsp3) is 0.278. The van der Waals surface area contributed by atoms with E-state index >= 15 is 0 Å². The first-order chi connectivity index (χ1) is 12.2. The van der Waals surface area contributed by atoms with Crippen molar-refractivity contribution >= 4 is 27.0 Å². The van der Waals surface area contributed by atoms with E-state index in [0.717, 1.165) is 11.1 Å². The van der Waals surface area contributed by atoms with Crippen LogP contribution in [0.1, 0.15) is 5.56 Å². The van der Waals surface area contributed by atoms with Crippen molar-refractivity contribution < 1.29 is 23.4 Å². The molecule has 0 N–H and O–H groups in total. The van der Waals surface area contributed by atoms with Gasteiger partial charge < -0.3 is 23.4 Å². The first-order valence-electron chi connectivity index (χ1n) is 7.54. The lowest BCUT2D eigenvalue weighted by atomic mass is 10.1. The van der Waals surface area contributed by atoms with Gasteiger partial charge in [0.1, 0.15) is 11.3 Å². The zero-order valence-electron chi connectivity index (χ0n) is 14.2. The van der Waals surface area contributed by atoms with Crippen molar-refractivity contribution in [1.29, 1.82) is 0 Å². The maximum absolute atomic E-state index is 5.94. The third kappa shape index (κ3) is 3.43. The zero-order valence-corrected chi connectivity index (χ0v) is 15.8. The molecule has 0 aliphatic heterocycles. The molecule has 0 saturated heterocycles. The van der Waals surface area contributed by atoms with Crippen LogP contribution in [0.4, 0.5) is 0 Å². The van der Waals surface area contributed by atoms with Gasteiger partial charge in [-0.1, -0.05) is 28.1 Å². The molecule has 0 amide bonds. The lowest BCUT2D eigenvalue weighted by Crippen LogP contribution is -2.02. The van der Waals surface area contributed by atoms with Gasteiger partial charge in [0.25, 0.3) is 0 Å². The van der Waals surface area contributed by atoms with Crippen LogP contribution in [0.3, 0.4) is 0 Å². The molecule has 2 aromatic carbocycles. The van der Waals surface area contributed by atoms with Crippen molar-refractivity contribution in [3.63, 3.8) is 0 Å². The van der Waals surface area contributed by atoms with E-state index in [1.165, 1.54) is 0 Å². The molecule has 1 heterocycles. The molecule has 0 spiro atoms. The van der Waals surface area contributed by atoms with Gasteiger partial charge in [0.05, 0.1) is 19.8 Å². The van der Waals surface area contributed by atoms with Gasteiger partial charge in [-0.25, -0.2) is 4.98 Å². The highest BCUT2D eigenvalue weighted by molar-refractivity contribution is 9.08. The first kappa shape index (κ1) is 17.6. The highest BCUT2D eigenvalue weighted by Gasteiger charge is 2.19. The predicted molar refractivity (Wildman–Crippen MR) is 97.7 cm³/mol. The van der Waals surface area contributed by atoms with E-state index in [0.29, 0.717) is 39.6 Å². The van der Waals surface area contributed by atoms with Gasteiger partial charge in [0, 0.05) is 24.6 Å². The lowest BCUT2D eigenvalue weighted by Gasteiger charge is -2.13. The number of para-hydroxylation sites is 1. The van der Waals surface area contributed by atoms with Crippen LogP contribution in [0.5, 0.6) is 17.2 Å². The number of hydrogen-bond acceptors (Lipinski definition) is 6. The van der Waals surface area contributed by atoms with E-state index in [4.69, 9.17) is 23.4 Å². The number of nitrogens with zero attached hydrogens (tertiary/aromatic N) is 1. The van der Waals surface area contributed by atoms with E-state index in [2.05, 4.69) is 20.9 Å². The quantitative estimate of drug-likeness (QED) is 0.427. The lowest BCUT2D eigenvalue weighted by molar-refractivity contribution is 0.0512. The summed E-state index contributed by atoms with van der Waals surface area (Å²) in [5.41, 5.74) is 3.22. The minimum atomic E-state index is 0.0926. The number of rotatable bonds is 7. The van der Waals surface area contributed by atoms with Crippen molar-refractivity contribution in [2.75, 3.05) is 28.1 Å². The van der Waals surface area contributed by atoms with Crippen molar-refractivity contribution in [2.45, 2.75) is 5.33 Å². The van der Waals surface area contributed by atoms with Gasteiger partial charge in [0.15, 0.2) is 23.9 Å². The van der Waals surface area contributed by atoms with Crippen LogP contribution in [0.2, 0.25) is 0 Å². The van der Waals surface area contributed by atoms with Crippen LogP contribution in [0.25, 0.3) is 22.6 Å². The number of halogens is 1. The topological polar surface area (TPSA) is 63.0 Å².